The lowest BCUT2D eigenvalue weighted by Crippen LogP contribution is -2.21. The minimum Gasteiger partial charge on any atom is -0.341 e. The highest BCUT2D eigenvalue weighted by atomic mass is 35.5. The molecule has 112 valence electrons. The molecule has 0 saturated carbocycles. The molecule has 3 heterocycles. The van der Waals surface area contributed by atoms with Crippen molar-refractivity contribution in [3.8, 4) is 0 Å². The zero-order valence-corrected chi connectivity index (χ0v) is 12.9. The first-order chi connectivity index (χ1) is 10.2. The van der Waals surface area contributed by atoms with Crippen LogP contribution in [0.3, 0.4) is 0 Å². The number of halogens is 1. The summed E-state index contributed by atoms with van der Waals surface area (Å²) in [5.74, 6) is 1.09. The van der Waals surface area contributed by atoms with Crippen LogP contribution in [0.4, 0.5) is 17.6 Å². The van der Waals surface area contributed by atoms with Crippen LogP contribution in [0.15, 0.2) is 6.20 Å². The van der Waals surface area contributed by atoms with Crippen molar-refractivity contribution in [2.24, 2.45) is 7.05 Å². The second-order valence-corrected chi connectivity index (χ2v) is 5.40. The topological polar surface area (TPSA) is 71.8 Å². The third-order valence-electron chi connectivity index (χ3n) is 3.47. The lowest BCUT2D eigenvalue weighted by Gasteiger charge is -2.15. The van der Waals surface area contributed by atoms with Crippen LogP contribution in [-0.2, 0) is 13.5 Å². The van der Waals surface area contributed by atoms with E-state index >= 15 is 0 Å². The number of aromatic nitrogens is 5. The van der Waals surface area contributed by atoms with E-state index in [9.17, 15) is 0 Å². The fourth-order valence-corrected chi connectivity index (χ4v) is 2.63. The Morgan fingerprint density at radius 3 is 2.71 bits per heavy atom. The van der Waals surface area contributed by atoms with E-state index in [0.29, 0.717) is 11.9 Å². The fraction of sp³-hybridized carbons (Fsp3) is 0.538. The first kappa shape index (κ1) is 14.1. The summed E-state index contributed by atoms with van der Waals surface area (Å²) in [6.07, 6.45) is 5.07. The van der Waals surface area contributed by atoms with E-state index in [0.717, 1.165) is 43.7 Å². The van der Waals surface area contributed by atoms with Gasteiger partial charge in [-0.05, 0) is 30.9 Å². The minimum atomic E-state index is 0.205. The number of rotatable bonds is 4. The van der Waals surface area contributed by atoms with Crippen LogP contribution in [0, 0.1) is 0 Å². The summed E-state index contributed by atoms with van der Waals surface area (Å²) in [5, 5.41) is 7.78. The van der Waals surface area contributed by atoms with Gasteiger partial charge in [0.05, 0.1) is 11.4 Å². The second-order valence-electron chi connectivity index (χ2n) is 5.06. The minimum absolute atomic E-state index is 0.205. The van der Waals surface area contributed by atoms with Crippen molar-refractivity contribution in [3.63, 3.8) is 0 Å². The fourth-order valence-electron chi connectivity index (χ4n) is 2.47. The van der Waals surface area contributed by atoms with Gasteiger partial charge in [-0.1, -0.05) is 6.92 Å². The van der Waals surface area contributed by atoms with Gasteiger partial charge in [0.1, 0.15) is 0 Å². The van der Waals surface area contributed by atoms with Crippen molar-refractivity contribution in [2.75, 3.05) is 23.3 Å². The lowest BCUT2D eigenvalue weighted by molar-refractivity contribution is 0.746. The largest absolute Gasteiger partial charge is 0.341 e. The highest BCUT2D eigenvalue weighted by molar-refractivity contribution is 6.28. The van der Waals surface area contributed by atoms with Crippen LogP contribution in [-0.4, -0.2) is 37.8 Å². The van der Waals surface area contributed by atoms with Gasteiger partial charge in [-0.3, -0.25) is 4.68 Å². The molecule has 0 spiro atoms. The van der Waals surface area contributed by atoms with Crippen molar-refractivity contribution in [2.45, 2.75) is 26.2 Å². The molecule has 1 N–H and O–H groups in total. The molecule has 1 fully saturated rings. The smallest absolute Gasteiger partial charge is 0.233 e. The summed E-state index contributed by atoms with van der Waals surface area (Å²) in [6.45, 7) is 3.99. The Morgan fingerprint density at radius 2 is 2.00 bits per heavy atom. The predicted molar refractivity (Wildman–Crippen MR) is 82.2 cm³/mol. The number of nitrogens with zero attached hydrogens (tertiary/aromatic N) is 6. The van der Waals surface area contributed by atoms with Crippen LogP contribution < -0.4 is 10.2 Å². The van der Waals surface area contributed by atoms with E-state index in [2.05, 4.69) is 37.2 Å². The van der Waals surface area contributed by atoms with E-state index in [-0.39, 0.29) is 5.28 Å². The summed E-state index contributed by atoms with van der Waals surface area (Å²) in [5.41, 5.74) is 1.87. The monoisotopic (exact) mass is 307 g/mol. The van der Waals surface area contributed by atoms with Crippen molar-refractivity contribution >= 4 is 29.2 Å². The molecular formula is C13H18ClN7. The third-order valence-corrected chi connectivity index (χ3v) is 3.64. The van der Waals surface area contributed by atoms with Crippen molar-refractivity contribution in [3.05, 3.63) is 17.2 Å². The molecule has 21 heavy (non-hydrogen) atoms. The molecular weight excluding hydrogens is 290 g/mol. The first-order valence-corrected chi connectivity index (χ1v) is 7.49. The Bertz CT molecular complexity index is 633. The van der Waals surface area contributed by atoms with Gasteiger partial charge in [0.2, 0.25) is 17.2 Å². The van der Waals surface area contributed by atoms with Gasteiger partial charge in [-0.2, -0.15) is 20.1 Å². The van der Waals surface area contributed by atoms with Crippen LogP contribution in [0.25, 0.3) is 0 Å². The second kappa shape index (κ2) is 5.85. The van der Waals surface area contributed by atoms with Crippen LogP contribution in [0.5, 0.6) is 0 Å². The number of anilines is 3. The van der Waals surface area contributed by atoms with E-state index in [4.69, 9.17) is 11.6 Å². The number of nitrogens with one attached hydrogen (secondary N) is 1. The molecule has 1 aliphatic rings. The van der Waals surface area contributed by atoms with Crippen LogP contribution >= 0.6 is 11.6 Å². The molecule has 1 aliphatic heterocycles. The van der Waals surface area contributed by atoms with E-state index in [1.54, 1.807) is 4.68 Å². The molecule has 7 nitrogen and oxygen atoms in total. The maximum absolute atomic E-state index is 6.02. The molecule has 1 saturated heterocycles. The Labute approximate surface area is 128 Å². The Balaban J connectivity index is 1.87. The van der Waals surface area contributed by atoms with E-state index in [1.807, 2.05) is 13.2 Å². The van der Waals surface area contributed by atoms with Gasteiger partial charge in [0, 0.05) is 26.3 Å². The standard InChI is InChI=1S/C13H18ClN7/c1-3-9-10(8-20(2)19-9)15-12-16-11(14)17-13(18-12)21-6-4-5-7-21/h8H,3-7H2,1-2H3,(H,15,16,17,18). The van der Waals surface area contributed by atoms with Gasteiger partial charge in [-0.25, -0.2) is 0 Å². The summed E-state index contributed by atoms with van der Waals surface area (Å²) in [7, 11) is 1.89. The van der Waals surface area contributed by atoms with Crippen molar-refractivity contribution in [1.29, 1.82) is 0 Å². The number of aryl methyl sites for hydroxylation is 2. The Morgan fingerprint density at radius 1 is 1.24 bits per heavy atom. The summed E-state index contributed by atoms with van der Waals surface area (Å²) < 4.78 is 1.77. The van der Waals surface area contributed by atoms with Gasteiger partial charge < -0.3 is 10.2 Å². The number of hydrogen-bond donors (Lipinski definition) is 1. The Kier molecular flexibility index (Phi) is 3.92. The van der Waals surface area contributed by atoms with Gasteiger partial charge in [0.15, 0.2) is 0 Å². The van der Waals surface area contributed by atoms with Gasteiger partial charge in [0.25, 0.3) is 0 Å². The van der Waals surface area contributed by atoms with Crippen molar-refractivity contribution < 1.29 is 0 Å². The van der Waals surface area contributed by atoms with E-state index in [1.165, 1.54) is 0 Å². The maximum Gasteiger partial charge on any atom is 0.233 e. The molecule has 0 amide bonds. The maximum atomic E-state index is 6.02. The molecule has 0 radical (unpaired) electrons. The highest BCUT2D eigenvalue weighted by Gasteiger charge is 2.17. The molecule has 0 aliphatic carbocycles. The normalized spacial score (nSPS) is 14.7. The SMILES string of the molecule is CCc1nn(C)cc1Nc1nc(Cl)nc(N2CCCC2)n1. The summed E-state index contributed by atoms with van der Waals surface area (Å²) in [4.78, 5) is 15.0. The third kappa shape index (κ3) is 3.07. The lowest BCUT2D eigenvalue weighted by atomic mass is 10.3. The molecule has 3 rings (SSSR count). The summed E-state index contributed by atoms with van der Waals surface area (Å²) in [6, 6.07) is 0. The number of hydrogen-bond acceptors (Lipinski definition) is 6. The molecule has 2 aromatic heterocycles. The van der Waals surface area contributed by atoms with Crippen molar-refractivity contribution in [1.82, 2.24) is 24.7 Å². The molecule has 2 aromatic rings. The average Bonchev–Trinajstić information content (AvgIpc) is 3.07. The molecule has 0 unspecified atom stereocenters. The van der Waals surface area contributed by atoms with E-state index < -0.39 is 0 Å². The molecule has 8 heteroatoms. The van der Waals surface area contributed by atoms with Gasteiger partial charge >= 0.3 is 0 Å². The zero-order chi connectivity index (χ0) is 14.8. The average molecular weight is 308 g/mol. The van der Waals surface area contributed by atoms with Crippen LogP contribution in [0.1, 0.15) is 25.5 Å². The Hall–Kier alpha value is -1.89. The molecule has 0 aromatic carbocycles. The predicted octanol–water partition coefficient (Wildman–Crippen LogP) is 2.16. The highest BCUT2D eigenvalue weighted by Crippen LogP contribution is 2.22. The quantitative estimate of drug-likeness (QED) is 0.933. The first-order valence-electron chi connectivity index (χ1n) is 7.12. The van der Waals surface area contributed by atoms with Crippen LogP contribution in [0.2, 0.25) is 5.28 Å². The zero-order valence-electron chi connectivity index (χ0n) is 12.2. The van der Waals surface area contributed by atoms with Gasteiger partial charge in [-0.15, -0.1) is 0 Å². The molecule has 0 atom stereocenters. The summed E-state index contributed by atoms with van der Waals surface area (Å²) >= 11 is 6.02. The molecule has 0 bridgehead atoms.